The number of amides is 1. The van der Waals surface area contributed by atoms with Crippen molar-refractivity contribution >= 4 is 34.2 Å². The van der Waals surface area contributed by atoms with Crippen molar-refractivity contribution in [3.05, 3.63) is 83.6 Å². The second-order valence-electron chi connectivity index (χ2n) is 8.73. The van der Waals surface area contributed by atoms with Gasteiger partial charge in [-0.05, 0) is 67.4 Å². The van der Waals surface area contributed by atoms with Crippen LogP contribution in [-0.4, -0.2) is 35.7 Å². The fourth-order valence-corrected chi connectivity index (χ4v) is 4.83. The standard InChI is InChI=1S/C28H28ClN3O3/c1-34-23-11-13-24(14-12-23)35-16-5-4-15-31-26-10-3-2-9-25(26)30-28(31)20-17-27(33)32(19-20)22-8-6-7-21(29)18-22/h2-3,6-14,18,20H,4-5,15-17,19H2,1H3/t20-/m0/s1. The summed E-state index contributed by atoms with van der Waals surface area (Å²) in [6.07, 6.45) is 2.30. The van der Waals surface area contributed by atoms with Gasteiger partial charge < -0.3 is 18.9 Å². The molecule has 1 saturated heterocycles. The lowest BCUT2D eigenvalue weighted by molar-refractivity contribution is -0.117. The molecule has 180 valence electrons. The summed E-state index contributed by atoms with van der Waals surface area (Å²) in [6, 6.07) is 23.3. The molecule has 0 radical (unpaired) electrons. The second-order valence-corrected chi connectivity index (χ2v) is 9.16. The van der Waals surface area contributed by atoms with Crippen LogP contribution in [0.15, 0.2) is 72.8 Å². The summed E-state index contributed by atoms with van der Waals surface area (Å²) < 4.78 is 13.4. The monoisotopic (exact) mass is 489 g/mol. The molecule has 4 aromatic rings. The lowest BCUT2D eigenvalue weighted by Gasteiger charge is -2.18. The highest BCUT2D eigenvalue weighted by Crippen LogP contribution is 2.34. The molecule has 5 rings (SSSR count). The van der Waals surface area contributed by atoms with Crippen LogP contribution in [0.5, 0.6) is 11.5 Å². The summed E-state index contributed by atoms with van der Waals surface area (Å²) in [6.45, 7) is 2.06. The smallest absolute Gasteiger partial charge is 0.227 e. The van der Waals surface area contributed by atoms with E-state index in [1.165, 1.54) is 0 Å². The van der Waals surface area contributed by atoms with Gasteiger partial charge in [0.05, 0.1) is 24.8 Å². The summed E-state index contributed by atoms with van der Waals surface area (Å²) in [5.41, 5.74) is 2.90. The van der Waals surface area contributed by atoms with E-state index >= 15 is 0 Å². The van der Waals surface area contributed by atoms with E-state index in [0.29, 0.717) is 24.6 Å². The zero-order valence-corrected chi connectivity index (χ0v) is 20.4. The summed E-state index contributed by atoms with van der Waals surface area (Å²) >= 11 is 6.17. The minimum Gasteiger partial charge on any atom is -0.497 e. The van der Waals surface area contributed by atoms with Crippen molar-refractivity contribution < 1.29 is 14.3 Å². The molecule has 0 bridgehead atoms. The van der Waals surface area contributed by atoms with Gasteiger partial charge in [-0.1, -0.05) is 29.8 Å². The highest BCUT2D eigenvalue weighted by atomic mass is 35.5. The molecule has 0 saturated carbocycles. The van der Waals surface area contributed by atoms with Gasteiger partial charge in [-0.15, -0.1) is 0 Å². The molecule has 1 amide bonds. The second kappa shape index (κ2) is 10.4. The van der Waals surface area contributed by atoms with Crippen LogP contribution in [0, 0.1) is 0 Å². The van der Waals surface area contributed by atoms with Gasteiger partial charge in [0.15, 0.2) is 0 Å². The van der Waals surface area contributed by atoms with Crippen LogP contribution >= 0.6 is 11.6 Å². The Balaban J connectivity index is 1.27. The number of carbonyl (C=O) groups excluding carboxylic acids is 1. The molecule has 1 aromatic heterocycles. The Morgan fingerprint density at radius 3 is 2.60 bits per heavy atom. The molecule has 1 fully saturated rings. The number of halogens is 1. The van der Waals surface area contributed by atoms with Gasteiger partial charge >= 0.3 is 0 Å². The minimum atomic E-state index is 0.0319. The number of ether oxygens (including phenoxy) is 2. The Bertz CT molecular complexity index is 1320. The molecule has 1 atom stereocenters. The topological polar surface area (TPSA) is 56.6 Å². The summed E-state index contributed by atoms with van der Waals surface area (Å²) in [5, 5.41) is 0.628. The van der Waals surface area contributed by atoms with Crippen molar-refractivity contribution in [1.29, 1.82) is 0 Å². The molecule has 1 aliphatic rings. The number of aromatic nitrogens is 2. The number of para-hydroxylation sites is 2. The number of nitrogens with zero attached hydrogens (tertiary/aromatic N) is 3. The Labute approximate surface area is 210 Å². The number of benzene rings is 3. The number of carbonyl (C=O) groups is 1. The molecule has 1 aliphatic heterocycles. The van der Waals surface area contributed by atoms with Gasteiger partial charge in [-0.25, -0.2) is 4.98 Å². The highest BCUT2D eigenvalue weighted by molar-refractivity contribution is 6.30. The molecular weight excluding hydrogens is 462 g/mol. The van der Waals surface area contributed by atoms with E-state index in [2.05, 4.69) is 10.6 Å². The quantitative estimate of drug-likeness (QED) is 0.267. The van der Waals surface area contributed by atoms with Gasteiger partial charge in [0.25, 0.3) is 0 Å². The number of aryl methyl sites for hydroxylation is 1. The Morgan fingerprint density at radius 2 is 1.80 bits per heavy atom. The normalized spacial score (nSPS) is 15.7. The zero-order chi connectivity index (χ0) is 24.2. The predicted octanol–water partition coefficient (Wildman–Crippen LogP) is 6.08. The Kier molecular flexibility index (Phi) is 6.91. The van der Waals surface area contributed by atoms with Crippen LogP contribution in [0.4, 0.5) is 5.69 Å². The van der Waals surface area contributed by atoms with E-state index in [1.54, 1.807) is 7.11 Å². The first-order chi connectivity index (χ1) is 17.1. The van der Waals surface area contributed by atoms with Crippen molar-refractivity contribution in [2.24, 2.45) is 0 Å². The first-order valence-electron chi connectivity index (χ1n) is 11.9. The van der Waals surface area contributed by atoms with Crippen molar-refractivity contribution in [1.82, 2.24) is 9.55 Å². The molecule has 2 heterocycles. The summed E-state index contributed by atoms with van der Waals surface area (Å²) in [5.74, 6) is 2.76. The maximum absolute atomic E-state index is 12.9. The zero-order valence-electron chi connectivity index (χ0n) is 19.7. The highest BCUT2D eigenvalue weighted by Gasteiger charge is 2.34. The van der Waals surface area contributed by atoms with Crippen molar-refractivity contribution in [2.45, 2.75) is 31.7 Å². The average molecular weight is 490 g/mol. The number of unbranched alkanes of at least 4 members (excludes halogenated alkanes) is 1. The van der Waals surface area contributed by atoms with Gasteiger partial charge in [0.1, 0.15) is 17.3 Å². The van der Waals surface area contributed by atoms with Crippen LogP contribution in [0.25, 0.3) is 11.0 Å². The molecule has 0 unspecified atom stereocenters. The number of hydrogen-bond acceptors (Lipinski definition) is 4. The number of anilines is 1. The number of methoxy groups -OCH3 is 1. The van der Waals surface area contributed by atoms with Gasteiger partial charge in [-0.2, -0.15) is 0 Å². The molecule has 6 nitrogen and oxygen atoms in total. The average Bonchev–Trinajstić information content (AvgIpc) is 3.44. The van der Waals surface area contributed by atoms with Crippen molar-refractivity contribution in [3.63, 3.8) is 0 Å². The maximum Gasteiger partial charge on any atom is 0.227 e. The number of fused-ring (bicyclic) bond motifs is 1. The fraction of sp³-hybridized carbons (Fsp3) is 0.286. The van der Waals surface area contributed by atoms with E-state index in [-0.39, 0.29) is 11.8 Å². The number of imidazole rings is 1. The Morgan fingerprint density at radius 1 is 1.00 bits per heavy atom. The van der Waals surface area contributed by atoms with Crippen LogP contribution in [0.3, 0.4) is 0 Å². The first-order valence-corrected chi connectivity index (χ1v) is 12.3. The first kappa shape index (κ1) is 23.2. The van der Waals surface area contributed by atoms with Crippen molar-refractivity contribution in [2.75, 3.05) is 25.2 Å². The maximum atomic E-state index is 12.9. The lowest BCUT2D eigenvalue weighted by Crippen LogP contribution is -2.24. The third kappa shape index (κ3) is 5.13. The molecule has 35 heavy (non-hydrogen) atoms. The van der Waals surface area contributed by atoms with E-state index in [9.17, 15) is 4.79 Å². The van der Waals surface area contributed by atoms with Crippen molar-refractivity contribution in [3.8, 4) is 11.5 Å². The molecule has 0 aliphatic carbocycles. The minimum absolute atomic E-state index is 0.0319. The number of rotatable bonds is 9. The van der Waals surface area contributed by atoms with Crippen LogP contribution < -0.4 is 14.4 Å². The third-order valence-electron chi connectivity index (χ3n) is 6.40. The van der Waals surface area contributed by atoms with Crippen LogP contribution in [0.1, 0.15) is 31.0 Å². The van der Waals surface area contributed by atoms with E-state index in [4.69, 9.17) is 26.1 Å². The van der Waals surface area contributed by atoms with Gasteiger partial charge in [0.2, 0.25) is 5.91 Å². The number of hydrogen-bond donors (Lipinski definition) is 0. The van der Waals surface area contributed by atoms with E-state index in [0.717, 1.165) is 53.4 Å². The Hall–Kier alpha value is -3.51. The van der Waals surface area contributed by atoms with Crippen LogP contribution in [-0.2, 0) is 11.3 Å². The fourth-order valence-electron chi connectivity index (χ4n) is 4.65. The molecule has 0 N–H and O–H groups in total. The third-order valence-corrected chi connectivity index (χ3v) is 6.63. The lowest BCUT2D eigenvalue weighted by atomic mass is 10.1. The summed E-state index contributed by atoms with van der Waals surface area (Å²) in [7, 11) is 1.65. The van der Waals surface area contributed by atoms with E-state index < -0.39 is 0 Å². The van der Waals surface area contributed by atoms with Crippen LogP contribution in [0.2, 0.25) is 5.02 Å². The molecule has 0 spiro atoms. The molecule has 3 aromatic carbocycles. The van der Waals surface area contributed by atoms with E-state index in [1.807, 2.05) is 71.6 Å². The molecule has 7 heteroatoms. The largest absolute Gasteiger partial charge is 0.497 e. The van der Waals surface area contributed by atoms with Gasteiger partial charge in [-0.3, -0.25) is 4.79 Å². The SMILES string of the molecule is COc1ccc(OCCCCn2c([C@H]3CC(=O)N(c4cccc(Cl)c4)C3)nc3ccccc32)cc1. The predicted molar refractivity (Wildman–Crippen MR) is 139 cm³/mol. The summed E-state index contributed by atoms with van der Waals surface area (Å²) in [4.78, 5) is 19.7. The van der Waals surface area contributed by atoms with Gasteiger partial charge in [0, 0.05) is 36.1 Å². The molecular formula is C28H28ClN3O3.